The number of rotatable bonds is 7. The Kier molecular flexibility index (Phi) is 7.39. The summed E-state index contributed by atoms with van der Waals surface area (Å²) in [5.74, 6) is 1.69. The highest BCUT2D eigenvalue weighted by Gasteiger charge is 2.31. The number of halogens is 3. The summed E-state index contributed by atoms with van der Waals surface area (Å²) < 4.78 is 44.8. The van der Waals surface area contributed by atoms with Crippen LogP contribution < -0.4 is 15.0 Å². The van der Waals surface area contributed by atoms with Gasteiger partial charge >= 0.3 is 6.18 Å². The Labute approximate surface area is 203 Å². The van der Waals surface area contributed by atoms with Gasteiger partial charge in [-0.05, 0) is 42.9 Å². The zero-order chi connectivity index (χ0) is 25.0. The molecule has 3 heterocycles. The van der Waals surface area contributed by atoms with Gasteiger partial charge in [-0.3, -0.25) is 0 Å². The molecule has 1 fully saturated rings. The normalized spacial score (nSPS) is 15.7. The lowest BCUT2D eigenvalue weighted by Crippen LogP contribution is -2.44. The van der Waals surface area contributed by atoms with Crippen LogP contribution in [0.25, 0.3) is 11.3 Å². The Hall–Kier alpha value is -3.40. The van der Waals surface area contributed by atoms with Crippen LogP contribution in [0.3, 0.4) is 0 Å². The van der Waals surface area contributed by atoms with Crippen molar-refractivity contribution in [3.63, 3.8) is 0 Å². The van der Waals surface area contributed by atoms with Crippen LogP contribution in [0.2, 0.25) is 0 Å². The first-order chi connectivity index (χ1) is 16.7. The Morgan fingerprint density at radius 2 is 1.80 bits per heavy atom. The molecule has 1 N–H and O–H groups in total. The van der Waals surface area contributed by atoms with E-state index in [1.165, 1.54) is 19.5 Å². The molecule has 4 rings (SSSR count). The van der Waals surface area contributed by atoms with Gasteiger partial charge in [0.05, 0.1) is 18.4 Å². The number of likely N-dealkylation sites (N-methyl/N-ethyl adjacent to an activating group) is 1. The van der Waals surface area contributed by atoms with Crippen molar-refractivity contribution < 1.29 is 17.9 Å². The van der Waals surface area contributed by atoms with Crippen LogP contribution in [0.1, 0.15) is 24.0 Å². The molecule has 0 spiro atoms. The van der Waals surface area contributed by atoms with Crippen LogP contribution in [-0.4, -0.2) is 66.7 Å². The van der Waals surface area contributed by atoms with Crippen LogP contribution in [0.15, 0.2) is 48.9 Å². The van der Waals surface area contributed by atoms with Crippen molar-refractivity contribution in [1.29, 1.82) is 0 Å². The van der Waals surface area contributed by atoms with Gasteiger partial charge in [0, 0.05) is 56.5 Å². The van der Waals surface area contributed by atoms with Crippen LogP contribution in [0.4, 0.5) is 24.8 Å². The third-order valence-electron chi connectivity index (χ3n) is 6.22. The number of piperazine rings is 1. The molecular formula is C25H29F3N6O. The highest BCUT2D eigenvalue weighted by Crippen LogP contribution is 2.35. The average molecular weight is 487 g/mol. The number of anilines is 2. The fraction of sp³-hybridized carbons (Fsp3) is 0.400. The van der Waals surface area contributed by atoms with Crippen LogP contribution in [0.5, 0.6) is 5.75 Å². The van der Waals surface area contributed by atoms with Gasteiger partial charge in [0.15, 0.2) is 0 Å². The molecule has 1 atom stereocenters. The number of aromatic nitrogens is 3. The van der Waals surface area contributed by atoms with Crippen molar-refractivity contribution in [1.82, 2.24) is 19.9 Å². The third-order valence-corrected chi connectivity index (χ3v) is 6.22. The van der Waals surface area contributed by atoms with E-state index < -0.39 is 11.7 Å². The second kappa shape index (κ2) is 10.5. The molecule has 35 heavy (non-hydrogen) atoms. The molecule has 2 aromatic heterocycles. The number of hydrogen-bond donors (Lipinski definition) is 1. The summed E-state index contributed by atoms with van der Waals surface area (Å²) in [5.41, 5.74) is 1.36. The number of alkyl halides is 3. The molecule has 1 unspecified atom stereocenters. The lowest BCUT2D eigenvalue weighted by Gasteiger charge is -2.33. The maximum absolute atomic E-state index is 13.2. The summed E-state index contributed by atoms with van der Waals surface area (Å²) in [4.78, 5) is 17.8. The van der Waals surface area contributed by atoms with Gasteiger partial charge in [0.1, 0.15) is 23.7 Å². The standard InChI is InChI=1S/C25H29F3N6O/c1-17(20-12-19(25(26,27)28)5-6-22(20)35-3)14-29-23-13-21(31-16-32-23)18-4-7-24(30-15-18)34-10-8-33(2)9-11-34/h4-7,12-13,15-17H,8-11,14H2,1-3H3,(H,29,31,32). The maximum Gasteiger partial charge on any atom is 0.416 e. The van der Waals surface area contributed by atoms with E-state index in [0.717, 1.165) is 49.7 Å². The highest BCUT2D eigenvalue weighted by molar-refractivity contribution is 5.63. The van der Waals surface area contributed by atoms with Crippen molar-refractivity contribution in [3.05, 3.63) is 60.0 Å². The number of nitrogens with zero attached hydrogens (tertiary/aromatic N) is 5. The number of methoxy groups -OCH3 is 1. The van der Waals surface area contributed by atoms with Gasteiger partial charge < -0.3 is 19.9 Å². The van der Waals surface area contributed by atoms with E-state index in [9.17, 15) is 13.2 Å². The van der Waals surface area contributed by atoms with E-state index in [2.05, 4.69) is 37.1 Å². The predicted octanol–water partition coefficient (Wildman–Crippen LogP) is 4.53. The Morgan fingerprint density at radius 3 is 2.46 bits per heavy atom. The molecule has 0 saturated carbocycles. The van der Waals surface area contributed by atoms with Gasteiger partial charge in [-0.2, -0.15) is 13.2 Å². The second-order valence-electron chi connectivity index (χ2n) is 8.72. The van der Waals surface area contributed by atoms with Crippen molar-refractivity contribution in [2.45, 2.75) is 19.0 Å². The van der Waals surface area contributed by atoms with Gasteiger partial charge in [-0.1, -0.05) is 6.92 Å². The summed E-state index contributed by atoms with van der Waals surface area (Å²) in [5, 5.41) is 3.21. The van der Waals surface area contributed by atoms with E-state index in [1.807, 2.05) is 25.1 Å². The van der Waals surface area contributed by atoms with E-state index in [1.54, 1.807) is 6.20 Å². The van der Waals surface area contributed by atoms with Gasteiger partial charge in [0.2, 0.25) is 0 Å². The Bertz CT molecular complexity index is 1130. The number of nitrogens with one attached hydrogen (secondary N) is 1. The topological polar surface area (TPSA) is 66.4 Å². The van der Waals surface area contributed by atoms with Crippen molar-refractivity contribution >= 4 is 11.6 Å². The van der Waals surface area contributed by atoms with E-state index in [0.29, 0.717) is 29.4 Å². The minimum Gasteiger partial charge on any atom is -0.496 e. The van der Waals surface area contributed by atoms with E-state index >= 15 is 0 Å². The molecule has 0 aliphatic carbocycles. The first-order valence-electron chi connectivity index (χ1n) is 11.5. The van der Waals surface area contributed by atoms with Gasteiger partial charge in [-0.25, -0.2) is 15.0 Å². The smallest absolute Gasteiger partial charge is 0.416 e. The quantitative estimate of drug-likeness (QED) is 0.526. The molecule has 7 nitrogen and oxygen atoms in total. The molecule has 3 aromatic rings. The van der Waals surface area contributed by atoms with Crippen LogP contribution in [0, 0.1) is 0 Å². The number of hydrogen-bond acceptors (Lipinski definition) is 7. The number of benzene rings is 1. The lowest BCUT2D eigenvalue weighted by atomic mass is 9.97. The molecular weight excluding hydrogens is 457 g/mol. The molecule has 0 amide bonds. The highest BCUT2D eigenvalue weighted by atomic mass is 19.4. The maximum atomic E-state index is 13.2. The zero-order valence-corrected chi connectivity index (χ0v) is 20.0. The number of pyridine rings is 1. The summed E-state index contributed by atoms with van der Waals surface area (Å²) in [7, 11) is 3.57. The van der Waals surface area contributed by atoms with Gasteiger partial charge in [0.25, 0.3) is 0 Å². The monoisotopic (exact) mass is 486 g/mol. The van der Waals surface area contributed by atoms with E-state index in [4.69, 9.17) is 4.74 Å². The first-order valence-corrected chi connectivity index (χ1v) is 11.5. The fourth-order valence-corrected chi connectivity index (χ4v) is 4.04. The van der Waals surface area contributed by atoms with Gasteiger partial charge in [-0.15, -0.1) is 0 Å². The molecule has 1 aliphatic rings. The molecule has 10 heteroatoms. The van der Waals surface area contributed by atoms with Crippen molar-refractivity contribution in [3.8, 4) is 17.0 Å². The zero-order valence-electron chi connectivity index (χ0n) is 20.0. The summed E-state index contributed by atoms with van der Waals surface area (Å²) >= 11 is 0. The molecule has 1 aliphatic heterocycles. The predicted molar refractivity (Wildman–Crippen MR) is 130 cm³/mol. The molecule has 1 saturated heterocycles. The number of ether oxygens (including phenoxy) is 1. The van der Waals surface area contributed by atoms with E-state index in [-0.39, 0.29) is 5.92 Å². The van der Waals surface area contributed by atoms with Crippen LogP contribution in [-0.2, 0) is 6.18 Å². The Morgan fingerprint density at radius 1 is 1.03 bits per heavy atom. The summed E-state index contributed by atoms with van der Waals surface area (Å²) in [6.45, 7) is 6.12. The second-order valence-corrected chi connectivity index (χ2v) is 8.72. The molecule has 1 aromatic carbocycles. The minimum absolute atomic E-state index is 0.254. The molecule has 186 valence electrons. The van der Waals surface area contributed by atoms with Crippen LogP contribution >= 0.6 is 0 Å². The fourth-order valence-electron chi connectivity index (χ4n) is 4.04. The largest absolute Gasteiger partial charge is 0.496 e. The summed E-state index contributed by atoms with van der Waals surface area (Å²) in [6.07, 6.45) is -1.15. The lowest BCUT2D eigenvalue weighted by molar-refractivity contribution is -0.137. The van der Waals surface area contributed by atoms with Crippen molar-refractivity contribution in [2.24, 2.45) is 0 Å². The van der Waals surface area contributed by atoms with Crippen molar-refractivity contribution in [2.75, 3.05) is 57.1 Å². The average Bonchev–Trinajstić information content (AvgIpc) is 2.87. The summed E-state index contributed by atoms with van der Waals surface area (Å²) in [6, 6.07) is 9.33. The Balaban J connectivity index is 1.44. The molecule has 0 radical (unpaired) electrons. The molecule has 0 bridgehead atoms. The third kappa shape index (κ3) is 6.00. The SMILES string of the molecule is COc1ccc(C(F)(F)F)cc1C(C)CNc1cc(-c2ccc(N3CCN(C)CC3)nc2)ncn1. The first kappa shape index (κ1) is 24.7. The minimum atomic E-state index is -4.41.